The lowest BCUT2D eigenvalue weighted by atomic mass is 10.1. The molecule has 9 nitrogen and oxygen atoms in total. The van der Waals surface area contributed by atoms with Crippen molar-refractivity contribution in [1.29, 1.82) is 0 Å². The number of carbonyl (C=O) groups excluding carboxylic acids is 3. The second kappa shape index (κ2) is 12.0. The Morgan fingerprint density at radius 3 is 2.17 bits per heavy atom. The molecule has 0 aliphatic rings. The minimum Gasteiger partial charge on any atom is -0.497 e. The average Bonchev–Trinajstić information content (AvgIpc) is 2.88. The number of carbonyl (C=O) groups is 3. The first-order valence-corrected chi connectivity index (χ1v) is 10.7. The molecule has 2 amide bonds. The number of anilines is 1. The van der Waals surface area contributed by atoms with E-state index in [0.29, 0.717) is 46.4 Å². The largest absolute Gasteiger partial charge is 0.497 e. The number of methoxy groups -OCH3 is 1. The van der Waals surface area contributed by atoms with Crippen molar-refractivity contribution in [3.05, 3.63) is 83.9 Å². The smallest absolute Gasteiger partial charge is 0.343 e. The van der Waals surface area contributed by atoms with E-state index >= 15 is 0 Å². The van der Waals surface area contributed by atoms with Crippen LogP contribution in [0.3, 0.4) is 0 Å². The van der Waals surface area contributed by atoms with Crippen LogP contribution in [0, 0.1) is 0 Å². The fraction of sp³-hybridized carbons (Fsp3) is 0.154. The van der Waals surface area contributed by atoms with Crippen molar-refractivity contribution in [2.45, 2.75) is 13.8 Å². The van der Waals surface area contributed by atoms with Crippen molar-refractivity contribution in [1.82, 2.24) is 5.43 Å². The summed E-state index contributed by atoms with van der Waals surface area (Å²) in [6.07, 6.45) is 0. The zero-order valence-corrected chi connectivity index (χ0v) is 19.5. The molecule has 0 radical (unpaired) electrons. The van der Waals surface area contributed by atoms with Gasteiger partial charge in [0.15, 0.2) is 0 Å². The molecule has 9 heteroatoms. The highest BCUT2D eigenvalue weighted by atomic mass is 16.5. The standard InChI is InChI=1S/C26H25N3O6/c1-4-34-21-14-10-20(11-15-21)27-24(30)25(31)29-28-17(2)18-8-12-22(13-9-18)35-26(32)19-6-5-7-23(16-19)33-3/h5-16H,4H2,1-3H3,(H,27,30)(H,29,31)/b28-17+. The number of hydrogen-bond acceptors (Lipinski definition) is 7. The number of ether oxygens (including phenoxy) is 3. The third-order valence-electron chi connectivity index (χ3n) is 4.74. The molecule has 0 aromatic heterocycles. The predicted octanol–water partition coefficient (Wildman–Crippen LogP) is 3.79. The summed E-state index contributed by atoms with van der Waals surface area (Å²) in [6.45, 7) is 4.07. The van der Waals surface area contributed by atoms with E-state index in [1.165, 1.54) is 7.11 Å². The number of nitrogens with zero attached hydrogens (tertiary/aromatic N) is 1. The quantitative estimate of drug-likeness (QED) is 0.168. The maximum Gasteiger partial charge on any atom is 0.343 e. The molecule has 180 valence electrons. The van der Waals surface area contributed by atoms with Crippen molar-refractivity contribution in [3.63, 3.8) is 0 Å². The number of benzene rings is 3. The average molecular weight is 476 g/mol. The highest BCUT2D eigenvalue weighted by Crippen LogP contribution is 2.18. The van der Waals surface area contributed by atoms with E-state index in [0.717, 1.165) is 0 Å². The summed E-state index contributed by atoms with van der Waals surface area (Å²) in [6, 6.07) is 19.9. The summed E-state index contributed by atoms with van der Waals surface area (Å²) in [5.74, 6) is -0.735. The maximum absolute atomic E-state index is 12.3. The Labute approximate surface area is 202 Å². The first-order chi connectivity index (χ1) is 16.9. The molecule has 0 saturated carbocycles. The molecule has 0 fully saturated rings. The van der Waals surface area contributed by atoms with Gasteiger partial charge in [-0.15, -0.1) is 0 Å². The second-order valence-corrected chi connectivity index (χ2v) is 7.20. The normalized spacial score (nSPS) is 10.8. The van der Waals surface area contributed by atoms with E-state index in [4.69, 9.17) is 14.2 Å². The van der Waals surface area contributed by atoms with Crippen LogP contribution in [-0.2, 0) is 9.59 Å². The first-order valence-electron chi connectivity index (χ1n) is 10.7. The molecule has 3 rings (SSSR count). The van der Waals surface area contributed by atoms with E-state index in [9.17, 15) is 14.4 Å². The van der Waals surface area contributed by atoms with Crippen LogP contribution in [0.15, 0.2) is 77.9 Å². The fourth-order valence-corrected chi connectivity index (χ4v) is 2.92. The van der Waals surface area contributed by atoms with Gasteiger partial charge in [-0.05, 0) is 86.1 Å². The van der Waals surface area contributed by atoms with Crippen LogP contribution in [0.2, 0.25) is 0 Å². The number of rotatable bonds is 8. The molecular weight excluding hydrogens is 450 g/mol. The minimum atomic E-state index is -0.915. The first kappa shape index (κ1) is 25.0. The van der Waals surface area contributed by atoms with Gasteiger partial charge in [0.1, 0.15) is 17.2 Å². The summed E-state index contributed by atoms with van der Waals surface area (Å²) in [7, 11) is 1.52. The number of amides is 2. The van der Waals surface area contributed by atoms with Gasteiger partial charge < -0.3 is 19.5 Å². The summed E-state index contributed by atoms with van der Waals surface area (Å²) in [5, 5.41) is 6.46. The number of hydrogen-bond donors (Lipinski definition) is 2. The Bertz CT molecular complexity index is 1220. The van der Waals surface area contributed by atoms with Crippen molar-refractivity contribution < 1.29 is 28.6 Å². The van der Waals surface area contributed by atoms with Gasteiger partial charge in [-0.25, -0.2) is 10.2 Å². The van der Waals surface area contributed by atoms with Crippen LogP contribution in [0.5, 0.6) is 17.2 Å². The lowest BCUT2D eigenvalue weighted by Gasteiger charge is -2.08. The Balaban J connectivity index is 1.54. The van der Waals surface area contributed by atoms with Crippen molar-refractivity contribution >= 4 is 29.2 Å². The molecule has 3 aromatic rings. The van der Waals surface area contributed by atoms with Gasteiger partial charge in [-0.1, -0.05) is 6.07 Å². The molecule has 3 aromatic carbocycles. The van der Waals surface area contributed by atoms with Gasteiger partial charge in [0.2, 0.25) is 0 Å². The molecular formula is C26H25N3O6. The Morgan fingerprint density at radius 1 is 0.829 bits per heavy atom. The van der Waals surface area contributed by atoms with Crippen molar-refractivity contribution in [3.8, 4) is 17.2 Å². The molecule has 0 atom stereocenters. The van der Waals surface area contributed by atoms with Gasteiger partial charge >= 0.3 is 17.8 Å². The number of esters is 1. The monoisotopic (exact) mass is 475 g/mol. The Hall–Kier alpha value is -4.66. The van der Waals surface area contributed by atoms with Gasteiger partial charge in [0.05, 0.1) is 25.0 Å². The third-order valence-corrected chi connectivity index (χ3v) is 4.74. The van der Waals surface area contributed by atoms with Crippen LogP contribution >= 0.6 is 0 Å². The fourth-order valence-electron chi connectivity index (χ4n) is 2.92. The van der Waals surface area contributed by atoms with E-state index < -0.39 is 17.8 Å². The van der Waals surface area contributed by atoms with Crippen LogP contribution in [0.1, 0.15) is 29.8 Å². The Morgan fingerprint density at radius 2 is 1.51 bits per heavy atom. The molecule has 35 heavy (non-hydrogen) atoms. The van der Waals surface area contributed by atoms with E-state index in [2.05, 4.69) is 15.8 Å². The van der Waals surface area contributed by atoms with Crippen LogP contribution in [-0.4, -0.2) is 37.2 Å². The molecule has 0 aliphatic heterocycles. The van der Waals surface area contributed by atoms with Gasteiger partial charge in [0, 0.05) is 5.69 Å². The number of hydrazone groups is 1. The minimum absolute atomic E-state index is 0.341. The summed E-state index contributed by atoms with van der Waals surface area (Å²) in [5.41, 5.74) is 4.16. The lowest BCUT2D eigenvalue weighted by Crippen LogP contribution is -2.32. The molecule has 0 spiro atoms. The molecule has 0 aliphatic carbocycles. The zero-order chi connectivity index (χ0) is 25.2. The molecule has 0 heterocycles. The zero-order valence-electron chi connectivity index (χ0n) is 19.5. The van der Waals surface area contributed by atoms with Gasteiger partial charge in [0.25, 0.3) is 0 Å². The van der Waals surface area contributed by atoms with Gasteiger partial charge in [-0.2, -0.15) is 5.10 Å². The topological polar surface area (TPSA) is 115 Å². The summed E-state index contributed by atoms with van der Waals surface area (Å²) < 4.78 is 15.8. The molecule has 0 saturated heterocycles. The summed E-state index contributed by atoms with van der Waals surface area (Å²) in [4.78, 5) is 36.5. The van der Waals surface area contributed by atoms with E-state index in [-0.39, 0.29) is 0 Å². The second-order valence-electron chi connectivity index (χ2n) is 7.20. The van der Waals surface area contributed by atoms with E-state index in [1.807, 2.05) is 6.92 Å². The highest BCUT2D eigenvalue weighted by molar-refractivity contribution is 6.39. The lowest BCUT2D eigenvalue weighted by molar-refractivity contribution is -0.136. The van der Waals surface area contributed by atoms with Crippen molar-refractivity contribution in [2.75, 3.05) is 19.0 Å². The van der Waals surface area contributed by atoms with Gasteiger partial charge in [-0.3, -0.25) is 9.59 Å². The van der Waals surface area contributed by atoms with E-state index in [1.54, 1.807) is 79.7 Å². The SMILES string of the molecule is CCOc1ccc(NC(=O)C(=O)N/N=C(\C)c2ccc(OC(=O)c3cccc(OC)c3)cc2)cc1. The maximum atomic E-state index is 12.3. The van der Waals surface area contributed by atoms with Crippen LogP contribution in [0.4, 0.5) is 5.69 Å². The van der Waals surface area contributed by atoms with Crippen LogP contribution in [0.25, 0.3) is 0 Å². The molecule has 2 N–H and O–H groups in total. The summed E-state index contributed by atoms with van der Waals surface area (Å²) >= 11 is 0. The molecule has 0 bridgehead atoms. The van der Waals surface area contributed by atoms with Crippen LogP contribution < -0.4 is 25.0 Å². The third kappa shape index (κ3) is 7.16. The highest BCUT2D eigenvalue weighted by Gasteiger charge is 2.14. The Kier molecular flexibility index (Phi) is 8.55. The predicted molar refractivity (Wildman–Crippen MR) is 131 cm³/mol. The van der Waals surface area contributed by atoms with Crippen molar-refractivity contribution in [2.24, 2.45) is 5.10 Å². The molecule has 0 unspecified atom stereocenters. The number of nitrogens with one attached hydrogen (secondary N) is 2.